The van der Waals surface area contributed by atoms with Gasteiger partial charge < -0.3 is 9.84 Å². The molecule has 0 aliphatic heterocycles. The van der Waals surface area contributed by atoms with Crippen molar-refractivity contribution in [3.63, 3.8) is 0 Å². The fraction of sp³-hybridized carbons (Fsp3) is 0.250. The summed E-state index contributed by atoms with van der Waals surface area (Å²) in [7, 11) is 1.65. The molecule has 1 atom stereocenters. The van der Waals surface area contributed by atoms with Gasteiger partial charge in [-0.2, -0.15) is 0 Å². The molecule has 2 rings (SSSR count). The molecule has 100 valence electrons. The summed E-state index contributed by atoms with van der Waals surface area (Å²) in [6.07, 6.45) is -0.623. The van der Waals surface area contributed by atoms with Crippen molar-refractivity contribution in [3.05, 3.63) is 63.1 Å². The molecule has 2 aromatic carbocycles. The average Bonchev–Trinajstić information content (AvgIpc) is 2.41. The van der Waals surface area contributed by atoms with Gasteiger partial charge in [-0.15, -0.1) is 0 Å². The molecular formula is C16H17BrO2. The second-order valence-electron chi connectivity index (χ2n) is 4.59. The average molecular weight is 321 g/mol. The Labute approximate surface area is 122 Å². The first-order chi connectivity index (χ1) is 9.04. The van der Waals surface area contributed by atoms with Crippen LogP contribution in [0.3, 0.4) is 0 Å². The lowest BCUT2D eigenvalue weighted by Crippen LogP contribution is -2.03. The van der Waals surface area contributed by atoms with E-state index in [4.69, 9.17) is 4.74 Å². The SMILES string of the molecule is COc1ccc(C(O)c2cccc(Br)c2C)cc1C. The Morgan fingerprint density at radius 2 is 1.89 bits per heavy atom. The number of rotatable bonds is 3. The second-order valence-corrected chi connectivity index (χ2v) is 5.44. The summed E-state index contributed by atoms with van der Waals surface area (Å²) >= 11 is 3.49. The van der Waals surface area contributed by atoms with Crippen LogP contribution in [0.5, 0.6) is 5.75 Å². The molecule has 0 bridgehead atoms. The molecule has 1 unspecified atom stereocenters. The maximum atomic E-state index is 10.5. The molecule has 3 heteroatoms. The molecule has 0 amide bonds. The third-order valence-electron chi connectivity index (χ3n) is 3.34. The third kappa shape index (κ3) is 2.82. The summed E-state index contributed by atoms with van der Waals surface area (Å²) in [6, 6.07) is 11.6. The van der Waals surface area contributed by atoms with Gasteiger partial charge in [0, 0.05) is 4.47 Å². The van der Waals surface area contributed by atoms with E-state index in [9.17, 15) is 5.11 Å². The standard InChI is InChI=1S/C16H17BrO2/c1-10-9-12(7-8-15(10)19-3)16(18)13-5-4-6-14(17)11(13)2/h4-9,16,18H,1-3H3. The lowest BCUT2D eigenvalue weighted by Gasteiger charge is -2.16. The van der Waals surface area contributed by atoms with E-state index in [1.54, 1.807) is 7.11 Å². The summed E-state index contributed by atoms with van der Waals surface area (Å²) in [5.74, 6) is 0.835. The number of aliphatic hydroxyl groups is 1. The van der Waals surface area contributed by atoms with Crippen molar-refractivity contribution in [3.8, 4) is 5.75 Å². The summed E-state index contributed by atoms with van der Waals surface area (Å²) in [5.41, 5.74) is 3.87. The van der Waals surface area contributed by atoms with E-state index in [0.717, 1.165) is 32.5 Å². The fourth-order valence-electron chi connectivity index (χ4n) is 2.17. The Bertz CT molecular complexity index is 593. The van der Waals surface area contributed by atoms with Crippen molar-refractivity contribution in [2.75, 3.05) is 7.11 Å². The van der Waals surface area contributed by atoms with Crippen molar-refractivity contribution >= 4 is 15.9 Å². The van der Waals surface area contributed by atoms with Crippen LogP contribution in [0.2, 0.25) is 0 Å². The first kappa shape index (κ1) is 14.1. The van der Waals surface area contributed by atoms with Crippen LogP contribution in [0.4, 0.5) is 0 Å². The zero-order valence-corrected chi connectivity index (χ0v) is 12.9. The van der Waals surface area contributed by atoms with Gasteiger partial charge in [0.25, 0.3) is 0 Å². The van der Waals surface area contributed by atoms with E-state index in [-0.39, 0.29) is 0 Å². The molecule has 0 fully saturated rings. The maximum absolute atomic E-state index is 10.5. The maximum Gasteiger partial charge on any atom is 0.121 e. The molecule has 0 aliphatic rings. The Morgan fingerprint density at radius 1 is 1.16 bits per heavy atom. The second kappa shape index (κ2) is 5.76. The lowest BCUT2D eigenvalue weighted by molar-refractivity contribution is 0.219. The van der Waals surface area contributed by atoms with Crippen LogP contribution in [0.15, 0.2) is 40.9 Å². The Kier molecular flexibility index (Phi) is 4.27. The van der Waals surface area contributed by atoms with Crippen molar-refractivity contribution in [2.24, 2.45) is 0 Å². The quantitative estimate of drug-likeness (QED) is 0.920. The van der Waals surface area contributed by atoms with Crippen LogP contribution in [0, 0.1) is 13.8 Å². The van der Waals surface area contributed by atoms with Crippen LogP contribution < -0.4 is 4.74 Å². The van der Waals surface area contributed by atoms with Crippen molar-refractivity contribution in [1.29, 1.82) is 0 Å². The van der Waals surface area contributed by atoms with Gasteiger partial charge in [-0.25, -0.2) is 0 Å². The van der Waals surface area contributed by atoms with E-state index in [1.807, 2.05) is 50.2 Å². The molecule has 2 aromatic rings. The highest BCUT2D eigenvalue weighted by Gasteiger charge is 2.15. The molecule has 0 saturated carbocycles. The number of ether oxygens (including phenoxy) is 1. The molecule has 19 heavy (non-hydrogen) atoms. The minimum Gasteiger partial charge on any atom is -0.496 e. The lowest BCUT2D eigenvalue weighted by atomic mass is 9.96. The number of hydrogen-bond donors (Lipinski definition) is 1. The van der Waals surface area contributed by atoms with E-state index >= 15 is 0 Å². The van der Waals surface area contributed by atoms with Gasteiger partial charge >= 0.3 is 0 Å². The zero-order valence-electron chi connectivity index (χ0n) is 11.3. The molecule has 2 nitrogen and oxygen atoms in total. The number of aryl methyl sites for hydroxylation is 1. The first-order valence-electron chi connectivity index (χ1n) is 6.12. The molecular weight excluding hydrogens is 304 g/mol. The summed E-state index contributed by atoms with van der Waals surface area (Å²) in [4.78, 5) is 0. The predicted octanol–water partition coefficient (Wildman–Crippen LogP) is 4.16. The summed E-state index contributed by atoms with van der Waals surface area (Å²) < 4.78 is 6.25. The van der Waals surface area contributed by atoms with E-state index < -0.39 is 6.10 Å². The van der Waals surface area contributed by atoms with Gasteiger partial charge in [0.05, 0.1) is 7.11 Å². The van der Waals surface area contributed by atoms with Gasteiger partial charge in [0.1, 0.15) is 11.9 Å². The fourth-order valence-corrected chi connectivity index (χ4v) is 2.55. The molecule has 0 saturated heterocycles. The number of hydrogen-bond acceptors (Lipinski definition) is 2. The summed E-state index contributed by atoms with van der Waals surface area (Å²) in [5, 5.41) is 10.5. The van der Waals surface area contributed by atoms with Crippen LogP contribution >= 0.6 is 15.9 Å². The van der Waals surface area contributed by atoms with Gasteiger partial charge in [0.15, 0.2) is 0 Å². The monoisotopic (exact) mass is 320 g/mol. The minimum atomic E-state index is -0.623. The number of methoxy groups -OCH3 is 1. The van der Waals surface area contributed by atoms with Crippen LogP contribution in [0.1, 0.15) is 28.4 Å². The van der Waals surface area contributed by atoms with Gasteiger partial charge in [-0.05, 0) is 54.3 Å². The number of halogens is 1. The highest BCUT2D eigenvalue weighted by molar-refractivity contribution is 9.10. The molecule has 1 N–H and O–H groups in total. The van der Waals surface area contributed by atoms with Crippen molar-refractivity contribution in [2.45, 2.75) is 20.0 Å². The van der Waals surface area contributed by atoms with Gasteiger partial charge in [0.2, 0.25) is 0 Å². The van der Waals surface area contributed by atoms with E-state index in [1.165, 1.54) is 0 Å². The minimum absolute atomic E-state index is 0.623. The summed E-state index contributed by atoms with van der Waals surface area (Å²) in [6.45, 7) is 3.97. The zero-order chi connectivity index (χ0) is 14.0. The molecule has 0 radical (unpaired) electrons. The van der Waals surface area contributed by atoms with Crippen LogP contribution in [-0.2, 0) is 0 Å². The molecule has 0 heterocycles. The number of benzene rings is 2. The molecule has 0 spiro atoms. The third-order valence-corrected chi connectivity index (χ3v) is 4.20. The Morgan fingerprint density at radius 3 is 2.53 bits per heavy atom. The largest absolute Gasteiger partial charge is 0.496 e. The molecule has 0 aliphatic carbocycles. The van der Waals surface area contributed by atoms with Crippen LogP contribution in [0.25, 0.3) is 0 Å². The Balaban J connectivity index is 2.41. The van der Waals surface area contributed by atoms with E-state index in [0.29, 0.717) is 0 Å². The highest BCUT2D eigenvalue weighted by atomic mass is 79.9. The topological polar surface area (TPSA) is 29.5 Å². The molecule has 0 aromatic heterocycles. The normalized spacial score (nSPS) is 12.3. The smallest absolute Gasteiger partial charge is 0.121 e. The number of aliphatic hydroxyl groups excluding tert-OH is 1. The van der Waals surface area contributed by atoms with E-state index in [2.05, 4.69) is 15.9 Å². The predicted molar refractivity (Wildman–Crippen MR) is 80.7 cm³/mol. The highest BCUT2D eigenvalue weighted by Crippen LogP contribution is 2.30. The van der Waals surface area contributed by atoms with Gasteiger partial charge in [-0.3, -0.25) is 0 Å². The first-order valence-corrected chi connectivity index (χ1v) is 6.91. The van der Waals surface area contributed by atoms with Crippen molar-refractivity contribution in [1.82, 2.24) is 0 Å². The van der Waals surface area contributed by atoms with Crippen molar-refractivity contribution < 1.29 is 9.84 Å². The van der Waals surface area contributed by atoms with Crippen LogP contribution in [-0.4, -0.2) is 12.2 Å². The van der Waals surface area contributed by atoms with Gasteiger partial charge in [-0.1, -0.05) is 34.1 Å². The Hall–Kier alpha value is -1.32.